The van der Waals surface area contributed by atoms with Crippen LogP contribution in [0.5, 0.6) is 0 Å². The van der Waals surface area contributed by atoms with Crippen LogP contribution in [-0.2, 0) is 12.7 Å². The molecule has 0 saturated carbocycles. The van der Waals surface area contributed by atoms with Gasteiger partial charge in [-0.15, -0.1) is 0 Å². The monoisotopic (exact) mass is 394 g/mol. The molecule has 28 heavy (non-hydrogen) atoms. The smallest absolute Gasteiger partial charge is 0.380 e. The van der Waals surface area contributed by atoms with E-state index in [1.165, 1.54) is 12.3 Å². The first-order chi connectivity index (χ1) is 13.1. The van der Waals surface area contributed by atoms with Gasteiger partial charge in [0.25, 0.3) is 0 Å². The molecular formula is C19H15F5N4. The first kappa shape index (κ1) is 19.4. The van der Waals surface area contributed by atoms with Crippen LogP contribution in [0.2, 0.25) is 0 Å². The fourth-order valence-corrected chi connectivity index (χ4v) is 2.51. The number of hydrogen-bond donors (Lipinski definition) is 3. The number of anilines is 1. The minimum atomic E-state index is -4.53. The third kappa shape index (κ3) is 4.13. The predicted octanol–water partition coefficient (Wildman–Crippen LogP) is 5.09. The van der Waals surface area contributed by atoms with E-state index in [4.69, 9.17) is 0 Å². The van der Waals surface area contributed by atoms with Crippen LogP contribution in [0.15, 0.2) is 61.2 Å². The molecule has 146 valence electrons. The zero-order valence-electron chi connectivity index (χ0n) is 14.4. The van der Waals surface area contributed by atoms with Crippen molar-refractivity contribution in [2.75, 3.05) is 5.32 Å². The minimum Gasteiger partial charge on any atom is -0.380 e. The third-order valence-electron chi connectivity index (χ3n) is 3.99. The second-order valence-corrected chi connectivity index (χ2v) is 6.00. The van der Waals surface area contributed by atoms with Crippen molar-refractivity contribution in [1.29, 1.82) is 0 Å². The van der Waals surface area contributed by atoms with Crippen molar-refractivity contribution >= 4 is 16.6 Å². The molecule has 0 saturated heterocycles. The van der Waals surface area contributed by atoms with Crippen LogP contribution in [0.4, 0.5) is 27.6 Å². The van der Waals surface area contributed by atoms with Crippen molar-refractivity contribution in [3.63, 3.8) is 0 Å². The van der Waals surface area contributed by atoms with Gasteiger partial charge in [-0.25, -0.2) is 8.78 Å². The first-order valence-corrected chi connectivity index (χ1v) is 8.02. The van der Waals surface area contributed by atoms with Gasteiger partial charge < -0.3 is 15.6 Å². The average molecular weight is 394 g/mol. The van der Waals surface area contributed by atoms with Crippen LogP contribution in [0.25, 0.3) is 10.9 Å². The zero-order chi connectivity index (χ0) is 20.5. The number of nitrogens with zero attached hydrogens (tertiary/aromatic N) is 1. The highest BCUT2D eigenvalue weighted by atomic mass is 19.4. The standard InChI is InChI=1S/C19H15F5N4/c1-10(26-8-12-3-4-25-18(5-12)19(22,23)24)11(2)28-17-9-27-16-7-15(21)14(20)6-13(16)17/h3-7,9,26-28H,1-2,8H2. The number of halogens is 5. The summed E-state index contributed by atoms with van der Waals surface area (Å²) in [5.74, 6) is -1.96. The minimum absolute atomic E-state index is 0.0683. The Labute approximate surface area is 156 Å². The molecule has 0 amide bonds. The van der Waals surface area contributed by atoms with Gasteiger partial charge in [0.2, 0.25) is 0 Å². The highest BCUT2D eigenvalue weighted by Gasteiger charge is 2.32. The summed E-state index contributed by atoms with van der Waals surface area (Å²) in [4.78, 5) is 6.10. The lowest BCUT2D eigenvalue weighted by Crippen LogP contribution is -2.17. The Morgan fingerprint density at radius 1 is 1.07 bits per heavy atom. The van der Waals surface area contributed by atoms with E-state index in [9.17, 15) is 22.0 Å². The Hall–Kier alpha value is -3.36. The third-order valence-corrected chi connectivity index (χ3v) is 3.99. The van der Waals surface area contributed by atoms with Crippen molar-refractivity contribution in [3.05, 3.63) is 84.1 Å². The molecule has 0 aliphatic rings. The molecule has 3 rings (SSSR count). The van der Waals surface area contributed by atoms with E-state index in [0.29, 0.717) is 33.5 Å². The lowest BCUT2D eigenvalue weighted by atomic mass is 10.2. The second kappa shape index (κ2) is 7.34. The first-order valence-electron chi connectivity index (χ1n) is 8.02. The molecule has 0 aliphatic carbocycles. The van der Waals surface area contributed by atoms with E-state index < -0.39 is 23.5 Å². The Kier molecular flexibility index (Phi) is 5.08. The number of alkyl halides is 3. The summed E-state index contributed by atoms with van der Waals surface area (Å²) in [6, 6.07) is 4.46. The molecule has 3 N–H and O–H groups in total. The number of rotatable bonds is 6. The van der Waals surface area contributed by atoms with Gasteiger partial charge >= 0.3 is 6.18 Å². The van der Waals surface area contributed by atoms with Gasteiger partial charge in [0.1, 0.15) is 5.69 Å². The molecule has 2 aromatic heterocycles. The molecule has 1 aromatic carbocycles. The largest absolute Gasteiger partial charge is 0.433 e. The number of H-pyrrole nitrogens is 1. The number of pyridine rings is 1. The number of nitrogens with one attached hydrogen (secondary N) is 3. The van der Waals surface area contributed by atoms with E-state index in [1.807, 2.05) is 0 Å². The fraction of sp³-hybridized carbons (Fsp3) is 0.105. The molecule has 9 heteroatoms. The highest BCUT2D eigenvalue weighted by Crippen LogP contribution is 2.28. The van der Waals surface area contributed by atoms with Crippen molar-refractivity contribution in [2.45, 2.75) is 12.7 Å². The van der Waals surface area contributed by atoms with Gasteiger partial charge in [-0.3, -0.25) is 4.98 Å². The molecule has 0 atom stereocenters. The number of aromatic amines is 1. The molecule has 2 heterocycles. The van der Waals surface area contributed by atoms with E-state index >= 15 is 0 Å². The lowest BCUT2D eigenvalue weighted by molar-refractivity contribution is -0.141. The number of aromatic nitrogens is 2. The molecule has 0 radical (unpaired) electrons. The van der Waals surface area contributed by atoms with Crippen molar-refractivity contribution in [3.8, 4) is 0 Å². The number of benzene rings is 1. The topological polar surface area (TPSA) is 52.7 Å². The Bertz CT molecular complexity index is 1050. The van der Waals surface area contributed by atoms with Gasteiger partial charge in [-0.1, -0.05) is 13.2 Å². The highest BCUT2D eigenvalue weighted by molar-refractivity contribution is 5.93. The average Bonchev–Trinajstić information content (AvgIpc) is 3.01. The quantitative estimate of drug-likeness (QED) is 0.403. The molecule has 4 nitrogen and oxygen atoms in total. The predicted molar refractivity (Wildman–Crippen MR) is 96.2 cm³/mol. The zero-order valence-corrected chi connectivity index (χ0v) is 14.4. The van der Waals surface area contributed by atoms with Crippen LogP contribution < -0.4 is 10.6 Å². The molecule has 0 bridgehead atoms. The maximum atomic E-state index is 13.5. The fourth-order valence-electron chi connectivity index (χ4n) is 2.51. The lowest BCUT2D eigenvalue weighted by Gasteiger charge is -2.14. The number of fused-ring (bicyclic) bond motifs is 1. The van der Waals surface area contributed by atoms with Crippen LogP contribution in [0, 0.1) is 11.6 Å². The van der Waals surface area contributed by atoms with E-state index in [2.05, 4.69) is 33.8 Å². The Morgan fingerprint density at radius 2 is 1.79 bits per heavy atom. The Balaban J connectivity index is 1.66. The van der Waals surface area contributed by atoms with Crippen LogP contribution in [0.3, 0.4) is 0 Å². The maximum absolute atomic E-state index is 13.5. The summed E-state index contributed by atoms with van der Waals surface area (Å²) in [5, 5.41) is 6.19. The van der Waals surface area contributed by atoms with Crippen LogP contribution in [-0.4, -0.2) is 9.97 Å². The SMILES string of the molecule is C=C(NCc1ccnc(C(F)(F)F)c1)C(=C)Nc1c[nH]c2cc(F)c(F)cc12. The van der Waals surface area contributed by atoms with Crippen molar-refractivity contribution in [2.24, 2.45) is 0 Å². The van der Waals surface area contributed by atoms with E-state index in [1.54, 1.807) is 0 Å². The second-order valence-electron chi connectivity index (χ2n) is 6.00. The van der Waals surface area contributed by atoms with Gasteiger partial charge in [0.05, 0.1) is 22.6 Å². The van der Waals surface area contributed by atoms with E-state index in [-0.39, 0.29) is 6.54 Å². The van der Waals surface area contributed by atoms with Crippen LogP contribution >= 0.6 is 0 Å². The summed E-state index contributed by atoms with van der Waals surface area (Å²) in [7, 11) is 0. The van der Waals surface area contributed by atoms with Gasteiger partial charge in [-0.05, 0) is 23.8 Å². The van der Waals surface area contributed by atoms with Crippen LogP contribution in [0.1, 0.15) is 11.3 Å². The summed E-state index contributed by atoms with van der Waals surface area (Å²) in [5.41, 5.74) is 0.857. The summed E-state index contributed by atoms with van der Waals surface area (Å²) < 4.78 is 64.9. The molecular weight excluding hydrogens is 379 g/mol. The Morgan fingerprint density at radius 3 is 2.50 bits per heavy atom. The van der Waals surface area contributed by atoms with Gasteiger partial charge in [-0.2, -0.15) is 13.2 Å². The van der Waals surface area contributed by atoms with Crippen molar-refractivity contribution in [1.82, 2.24) is 15.3 Å². The van der Waals surface area contributed by atoms with E-state index in [0.717, 1.165) is 24.4 Å². The molecule has 0 spiro atoms. The summed E-state index contributed by atoms with van der Waals surface area (Å²) in [6.07, 6.45) is -1.93. The normalized spacial score (nSPS) is 11.5. The molecule has 0 aliphatic heterocycles. The number of hydrogen-bond acceptors (Lipinski definition) is 3. The molecule has 0 unspecified atom stereocenters. The van der Waals surface area contributed by atoms with Gasteiger partial charge in [0.15, 0.2) is 11.6 Å². The molecule has 0 fully saturated rings. The molecule has 3 aromatic rings. The summed E-state index contributed by atoms with van der Waals surface area (Å²) in [6.45, 7) is 7.64. The maximum Gasteiger partial charge on any atom is 0.433 e. The summed E-state index contributed by atoms with van der Waals surface area (Å²) >= 11 is 0. The van der Waals surface area contributed by atoms with Crippen molar-refractivity contribution < 1.29 is 22.0 Å². The van der Waals surface area contributed by atoms with Gasteiger partial charge in [0, 0.05) is 30.4 Å².